The highest BCUT2D eigenvalue weighted by molar-refractivity contribution is 7.61. The molecule has 4 rings (SSSR count). The van der Waals surface area contributed by atoms with E-state index >= 15 is 0 Å². The van der Waals surface area contributed by atoms with Gasteiger partial charge < -0.3 is 33.8 Å². The zero-order valence-electron chi connectivity index (χ0n) is 23.7. The molecule has 40 heavy (non-hydrogen) atoms. The van der Waals surface area contributed by atoms with Gasteiger partial charge >= 0.3 is 5.97 Å². The number of fused-ring (bicyclic) bond motifs is 2. The van der Waals surface area contributed by atoms with E-state index in [2.05, 4.69) is 20.0 Å². The highest BCUT2D eigenvalue weighted by Crippen LogP contribution is 2.44. The van der Waals surface area contributed by atoms with Crippen LogP contribution in [0.25, 0.3) is 11.2 Å². The van der Waals surface area contributed by atoms with Crippen LogP contribution in [0, 0.1) is 5.92 Å². The minimum Gasteiger partial charge on any atom is -0.462 e. The smallest absolute Gasteiger partial charge is 0.323 e. The average Bonchev–Trinajstić information content (AvgIpc) is 3.53. The van der Waals surface area contributed by atoms with Gasteiger partial charge in [0.1, 0.15) is 24.2 Å². The fourth-order valence-electron chi connectivity index (χ4n) is 4.45. The van der Waals surface area contributed by atoms with Gasteiger partial charge in [-0.3, -0.25) is 9.88 Å². The van der Waals surface area contributed by atoms with Crippen molar-refractivity contribution < 1.29 is 28.3 Å². The zero-order chi connectivity index (χ0) is 28.9. The second kappa shape index (κ2) is 13.0. The molecule has 0 radical (unpaired) electrons. The van der Waals surface area contributed by atoms with Crippen molar-refractivity contribution in [2.75, 3.05) is 25.0 Å². The molecule has 0 bridgehead atoms. The molecule has 13 heteroatoms. The van der Waals surface area contributed by atoms with Crippen molar-refractivity contribution in [2.45, 2.75) is 72.3 Å². The first-order chi connectivity index (χ1) is 19.0. The molecule has 3 heterocycles. The number of nitrogens with two attached hydrogens (primary N) is 1. The third-order valence-electron chi connectivity index (χ3n) is 6.38. The standard InChI is InChI=1S/C27H39N6O6P/c1-17(2)10-21(27(34)39-18(3)4)32-40(35,9-8-20-6-7-22-23(11-20)37-15-36-22)16-38-19(5)12-33-14-31-24-25(28)29-13-30-26(24)33/h6-7,11,13-14,17-19,21H,8-10,12,15-16H2,1-5H3,(H,32,35)(H2,28,29,30)/t19-,21-,40?/m1/s1. The summed E-state index contributed by atoms with van der Waals surface area (Å²) in [6.45, 7) is 10.1. The Balaban J connectivity index is 1.49. The lowest BCUT2D eigenvalue weighted by Gasteiger charge is -2.28. The summed E-state index contributed by atoms with van der Waals surface area (Å²) in [5.41, 5.74) is 7.97. The number of carbonyl (C=O) groups excluding carboxylic acids is 1. The number of hydrogen-bond acceptors (Lipinski definition) is 10. The van der Waals surface area contributed by atoms with Crippen LogP contribution in [0.2, 0.25) is 0 Å². The van der Waals surface area contributed by atoms with Crippen LogP contribution in [0.15, 0.2) is 30.9 Å². The number of esters is 1. The maximum Gasteiger partial charge on any atom is 0.323 e. The fraction of sp³-hybridized carbons (Fsp3) is 0.556. The Labute approximate surface area is 234 Å². The van der Waals surface area contributed by atoms with Crippen molar-refractivity contribution in [3.63, 3.8) is 0 Å². The Morgan fingerprint density at radius 3 is 2.67 bits per heavy atom. The normalized spacial score (nSPS) is 15.9. The molecule has 0 amide bonds. The van der Waals surface area contributed by atoms with Crippen LogP contribution in [0.1, 0.15) is 46.6 Å². The predicted octanol–water partition coefficient (Wildman–Crippen LogP) is 3.98. The molecule has 1 aromatic carbocycles. The van der Waals surface area contributed by atoms with E-state index in [0.29, 0.717) is 47.9 Å². The second-order valence-electron chi connectivity index (χ2n) is 10.8. The summed E-state index contributed by atoms with van der Waals surface area (Å²) in [7, 11) is -3.23. The number of benzene rings is 1. The fourth-order valence-corrected chi connectivity index (χ4v) is 6.68. The molecule has 3 atom stereocenters. The lowest BCUT2D eigenvalue weighted by molar-refractivity contribution is -0.149. The van der Waals surface area contributed by atoms with Gasteiger partial charge in [0, 0.05) is 6.16 Å². The van der Waals surface area contributed by atoms with E-state index in [1.54, 1.807) is 20.2 Å². The minimum atomic E-state index is -3.23. The van der Waals surface area contributed by atoms with E-state index in [-0.39, 0.29) is 37.4 Å². The molecule has 0 saturated heterocycles. The van der Waals surface area contributed by atoms with Crippen LogP contribution in [0.4, 0.5) is 5.82 Å². The van der Waals surface area contributed by atoms with Crippen molar-refractivity contribution in [2.24, 2.45) is 5.92 Å². The Bertz CT molecular complexity index is 1360. The van der Waals surface area contributed by atoms with E-state index in [4.69, 9.17) is 24.7 Å². The topological polar surface area (TPSA) is 153 Å². The van der Waals surface area contributed by atoms with E-state index in [1.807, 2.05) is 43.5 Å². The summed E-state index contributed by atoms with van der Waals surface area (Å²) in [4.78, 5) is 25.5. The van der Waals surface area contributed by atoms with Crippen LogP contribution < -0.4 is 20.3 Å². The lowest BCUT2D eigenvalue weighted by Crippen LogP contribution is -2.40. The number of rotatable bonds is 14. The molecule has 1 aliphatic rings. The summed E-state index contributed by atoms with van der Waals surface area (Å²) in [6.07, 6.45) is 3.60. The number of imidazole rings is 1. The number of anilines is 1. The number of carbonyl (C=O) groups is 1. The van der Waals surface area contributed by atoms with E-state index in [0.717, 1.165) is 5.56 Å². The molecule has 0 fully saturated rings. The lowest BCUT2D eigenvalue weighted by atomic mass is 10.0. The molecule has 218 valence electrons. The quantitative estimate of drug-likeness (QED) is 0.212. The molecule has 1 aliphatic heterocycles. The van der Waals surface area contributed by atoms with Gasteiger partial charge in [-0.05, 0) is 57.2 Å². The molecular weight excluding hydrogens is 535 g/mol. The van der Waals surface area contributed by atoms with Gasteiger partial charge in [-0.1, -0.05) is 19.9 Å². The number of ether oxygens (including phenoxy) is 4. The third-order valence-corrected chi connectivity index (χ3v) is 8.68. The number of hydrogen-bond donors (Lipinski definition) is 2. The molecule has 3 N–H and O–H groups in total. The van der Waals surface area contributed by atoms with Crippen molar-refractivity contribution in [3.8, 4) is 11.5 Å². The SMILES string of the molecule is CC(C)C[C@@H](NP(=O)(CCc1ccc2c(c1)OCO2)CO[C@H](C)Cn1cnc2c(N)ncnc21)C(=O)OC(C)C. The highest BCUT2D eigenvalue weighted by atomic mass is 31.2. The van der Waals surface area contributed by atoms with Crippen molar-refractivity contribution in [3.05, 3.63) is 36.4 Å². The average molecular weight is 575 g/mol. The van der Waals surface area contributed by atoms with E-state index < -0.39 is 19.3 Å². The van der Waals surface area contributed by atoms with Crippen LogP contribution in [-0.2, 0) is 31.8 Å². The maximum absolute atomic E-state index is 14.4. The molecule has 0 saturated carbocycles. The molecule has 3 aromatic rings. The van der Waals surface area contributed by atoms with Gasteiger partial charge in [-0.15, -0.1) is 0 Å². The van der Waals surface area contributed by atoms with Crippen LogP contribution in [0.3, 0.4) is 0 Å². The van der Waals surface area contributed by atoms with Crippen molar-refractivity contribution >= 4 is 30.2 Å². The first-order valence-corrected chi connectivity index (χ1v) is 15.6. The largest absolute Gasteiger partial charge is 0.462 e. The number of nitrogen functional groups attached to an aromatic ring is 1. The number of nitrogens with one attached hydrogen (secondary N) is 1. The van der Waals surface area contributed by atoms with Crippen LogP contribution in [-0.4, -0.2) is 63.0 Å². The first kappa shape index (κ1) is 29.8. The summed E-state index contributed by atoms with van der Waals surface area (Å²) < 4.78 is 38.8. The van der Waals surface area contributed by atoms with Gasteiger partial charge in [-0.2, -0.15) is 0 Å². The van der Waals surface area contributed by atoms with Gasteiger partial charge in [0.2, 0.25) is 6.79 Å². The van der Waals surface area contributed by atoms with E-state index in [1.165, 1.54) is 6.33 Å². The van der Waals surface area contributed by atoms with Gasteiger partial charge in [0.25, 0.3) is 0 Å². The number of aryl methyl sites for hydroxylation is 1. The molecule has 1 unspecified atom stereocenters. The summed E-state index contributed by atoms with van der Waals surface area (Å²) >= 11 is 0. The molecule has 2 aromatic heterocycles. The number of aromatic nitrogens is 4. The van der Waals surface area contributed by atoms with Gasteiger partial charge in [0.15, 0.2) is 30.3 Å². The number of nitrogens with zero attached hydrogens (tertiary/aromatic N) is 4. The molecule has 0 spiro atoms. The summed E-state index contributed by atoms with van der Waals surface area (Å²) in [6, 6.07) is 4.95. The Morgan fingerprint density at radius 1 is 1.15 bits per heavy atom. The minimum absolute atomic E-state index is 0.0635. The summed E-state index contributed by atoms with van der Waals surface area (Å²) in [5.74, 6) is 1.43. The maximum atomic E-state index is 14.4. The third kappa shape index (κ3) is 7.71. The first-order valence-electron chi connectivity index (χ1n) is 13.5. The predicted molar refractivity (Wildman–Crippen MR) is 151 cm³/mol. The highest BCUT2D eigenvalue weighted by Gasteiger charge is 2.32. The molecule has 0 aliphatic carbocycles. The Morgan fingerprint density at radius 2 is 1.93 bits per heavy atom. The van der Waals surface area contributed by atoms with Crippen molar-refractivity contribution in [1.29, 1.82) is 0 Å². The van der Waals surface area contributed by atoms with Crippen molar-refractivity contribution in [1.82, 2.24) is 24.6 Å². The zero-order valence-corrected chi connectivity index (χ0v) is 24.6. The molecular formula is C27H39N6O6P. The van der Waals surface area contributed by atoms with Gasteiger partial charge in [-0.25, -0.2) is 15.0 Å². The van der Waals surface area contributed by atoms with Crippen LogP contribution >= 0.6 is 7.29 Å². The monoisotopic (exact) mass is 574 g/mol. The Hall–Kier alpha value is -3.21. The Kier molecular flexibility index (Phi) is 9.65. The van der Waals surface area contributed by atoms with E-state index in [9.17, 15) is 9.36 Å². The second-order valence-corrected chi connectivity index (χ2v) is 13.5. The summed E-state index contributed by atoms with van der Waals surface area (Å²) in [5, 5.41) is 3.18. The van der Waals surface area contributed by atoms with Gasteiger partial charge in [0.05, 0.1) is 25.1 Å². The van der Waals surface area contributed by atoms with Crippen LogP contribution in [0.5, 0.6) is 11.5 Å². The molecule has 12 nitrogen and oxygen atoms in total.